The molecule has 4 saturated carbocycles. The fourth-order valence-corrected chi connectivity index (χ4v) is 9.90. The van der Waals surface area contributed by atoms with E-state index < -0.39 is 0 Å². The maximum absolute atomic E-state index is 10.3. The molecule has 10 atom stereocenters. The van der Waals surface area contributed by atoms with Crippen LogP contribution >= 0.6 is 0 Å². The van der Waals surface area contributed by atoms with Crippen molar-refractivity contribution in [2.45, 2.75) is 125 Å². The van der Waals surface area contributed by atoms with Gasteiger partial charge in [-0.3, -0.25) is 0 Å². The molecular formula is C29H52O. The molecule has 0 amide bonds. The predicted octanol–water partition coefficient (Wildman–Crippen LogP) is 8.10. The van der Waals surface area contributed by atoms with Gasteiger partial charge in [-0.2, -0.15) is 0 Å². The maximum atomic E-state index is 10.3. The van der Waals surface area contributed by atoms with Crippen LogP contribution in [0.5, 0.6) is 0 Å². The Morgan fingerprint density at radius 3 is 2.23 bits per heavy atom. The Balaban J connectivity index is 1.45. The smallest absolute Gasteiger partial charge is 0.0543 e. The zero-order chi connectivity index (χ0) is 21.7. The lowest BCUT2D eigenvalue weighted by Crippen LogP contribution is -2.54. The third-order valence-corrected chi connectivity index (χ3v) is 11.9. The number of hydrogen-bond acceptors (Lipinski definition) is 1. The number of fused-ring (bicyclic) bond motifs is 5. The summed E-state index contributed by atoms with van der Waals surface area (Å²) in [6.45, 7) is 15.2. The molecular weight excluding hydrogens is 364 g/mol. The Kier molecular flexibility index (Phi) is 6.72. The predicted molar refractivity (Wildman–Crippen MR) is 128 cm³/mol. The van der Waals surface area contributed by atoms with Crippen LogP contribution in [-0.4, -0.2) is 11.2 Å². The van der Waals surface area contributed by atoms with Crippen LogP contribution in [0.1, 0.15) is 119 Å². The highest BCUT2D eigenvalue weighted by molar-refractivity contribution is 5.09. The molecule has 0 saturated heterocycles. The van der Waals surface area contributed by atoms with Crippen molar-refractivity contribution in [1.29, 1.82) is 0 Å². The topological polar surface area (TPSA) is 20.2 Å². The van der Waals surface area contributed by atoms with Crippen LogP contribution in [0.3, 0.4) is 0 Å². The highest BCUT2D eigenvalue weighted by atomic mass is 16.3. The summed E-state index contributed by atoms with van der Waals surface area (Å²) in [4.78, 5) is 0. The Morgan fingerprint density at radius 2 is 1.53 bits per heavy atom. The summed E-state index contributed by atoms with van der Waals surface area (Å²) in [6, 6.07) is 0. The molecule has 0 radical (unpaired) electrons. The van der Waals surface area contributed by atoms with Crippen LogP contribution in [0.2, 0.25) is 0 Å². The Morgan fingerprint density at radius 1 is 0.833 bits per heavy atom. The fourth-order valence-electron chi connectivity index (χ4n) is 9.90. The second-order valence-corrected chi connectivity index (χ2v) is 13.3. The lowest BCUT2D eigenvalue weighted by Gasteiger charge is -2.61. The molecule has 174 valence electrons. The molecule has 0 aromatic rings. The van der Waals surface area contributed by atoms with Crippen LogP contribution < -0.4 is 0 Å². The molecule has 4 aliphatic rings. The van der Waals surface area contributed by atoms with Crippen molar-refractivity contribution in [3.8, 4) is 0 Å². The van der Waals surface area contributed by atoms with Crippen molar-refractivity contribution in [2.75, 3.05) is 0 Å². The molecule has 0 aliphatic heterocycles. The molecule has 4 fully saturated rings. The molecule has 0 aromatic heterocycles. The van der Waals surface area contributed by atoms with Gasteiger partial charge in [-0.1, -0.05) is 54.4 Å². The Bertz CT molecular complexity index is 583. The maximum Gasteiger partial charge on any atom is 0.0543 e. The molecule has 4 rings (SSSR count). The van der Waals surface area contributed by atoms with Gasteiger partial charge in [-0.25, -0.2) is 0 Å². The summed E-state index contributed by atoms with van der Waals surface area (Å²) >= 11 is 0. The third kappa shape index (κ3) is 3.82. The molecule has 0 heterocycles. The number of aliphatic hydroxyl groups is 1. The van der Waals surface area contributed by atoms with Crippen molar-refractivity contribution in [1.82, 2.24) is 0 Å². The molecule has 0 bridgehead atoms. The SMILES string of the molecule is CC[C@@H](CCC(C)[C@H]1CCC2C3CCC4C[C@@H](O)CC[C@]4(C)C3CC[C@@]21C)C(C)C. The van der Waals surface area contributed by atoms with Crippen LogP contribution in [-0.2, 0) is 0 Å². The van der Waals surface area contributed by atoms with E-state index in [4.69, 9.17) is 0 Å². The highest BCUT2D eigenvalue weighted by Crippen LogP contribution is 2.68. The summed E-state index contributed by atoms with van der Waals surface area (Å²) in [5.74, 6) is 7.34. The molecule has 5 unspecified atom stereocenters. The summed E-state index contributed by atoms with van der Waals surface area (Å²) in [7, 11) is 0. The summed E-state index contributed by atoms with van der Waals surface area (Å²) in [6.07, 6.45) is 16.5. The molecule has 1 heteroatoms. The van der Waals surface area contributed by atoms with E-state index in [1.807, 2.05) is 0 Å². The van der Waals surface area contributed by atoms with E-state index >= 15 is 0 Å². The van der Waals surface area contributed by atoms with Crippen molar-refractivity contribution < 1.29 is 5.11 Å². The van der Waals surface area contributed by atoms with Gasteiger partial charge in [-0.15, -0.1) is 0 Å². The van der Waals surface area contributed by atoms with Crippen LogP contribution in [0.4, 0.5) is 0 Å². The van der Waals surface area contributed by atoms with Crippen LogP contribution in [0.15, 0.2) is 0 Å². The van der Waals surface area contributed by atoms with Gasteiger partial charge in [-0.05, 0) is 122 Å². The lowest BCUT2D eigenvalue weighted by molar-refractivity contribution is -0.129. The van der Waals surface area contributed by atoms with Crippen molar-refractivity contribution >= 4 is 0 Å². The van der Waals surface area contributed by atoms with Crippen LogP contribution in [0.25, 0.3) is 0 Å². The largest absolute Gasteiger partial charge is 0.393 e. The third-order valence-electron chi connectivity index (χ3n) is 11.9. The van der Waals surface area contributed by atoms with E-state index in [1.165, 1.54) is 64.2 Å². The number of aliphatic hydroxyl groups excluding tert-OH is 1. The second kappa shape index (κ2) is 8.72. The minimum atomic E-state index is -0.0111. The Labute approximate surface area is 188 Å². The molecule has 1 nitrogen and oxygen atoms in total. The standard InChI is InChI=1S/C29H52O/c1-7-21(19(2)3)9-8-20(4)25-12-13-26-24-11-10-22-18-23(30)14-16-28(22,5)27(24)15-17-29(25,26)6/h19-27,30H,7-18H2,1-6H3/t20?,21-,22?,23-,24?,25+,26?,27?,28-,29+/m0/s1. The van der Waals surface area contributed by atoms with Gasteiger partial charge in [0.1, 0.15) is 0 Å². The van der Waals surface area contributed by atoms with Gasteiger partial charge in [0.25, 0.3) is 0 Å². The number of hydrogen-bond donors (Lipinski definition) is 1. The van der Waals surface area contributed by atoms with E-state index in [0.29, 0.717) is 10.8 Å². The summed E-state index contributed by atoms with van der Waals surface area (Å²) < 4.78 is 0. The van der Waals surface area contributed by atoms with E-state index in [0.717, 1.165) is 60.2 Å². The lowest BCUT2D eigenvalue weighted by atomic mass is 9.44. The van der Waals surface area contributed by atoms with Gasteiger partial charge in [0.05, 0.1) is 6.10 Å². The summed E-state index contributed by atoms with van der Waals surface area (Å²) in [5, 5.41) is 10.3. The zero-order valence-corrected chi connectivity index (χ0v) is 21.1. The van der Waals surface area contributed by atoms with Gasteiger partial charge in [0.15, 0.2) is 0 Å². The molecule has 1 N–H and O–H groups in total. The van der Waals surface area contributed by atoms with Crippen molar-refractivity contribution in [3.05, 3.63) is 0 Å². The molecule has 4 aliphatic carbocycles. The first-order valence-corrected chi connectivity index (χ1v) is 13.9. The number of rotatable bonds is 6. The normalized spacial score (nSPS) is 48.0. The summed E-state index contributed by atoms with van der Waals surface area (Å²) in [5.41, 5.74) is 1.14. The van der Waals surface area contributed by atoms with E-state index in [9.17, 15) is 5.11 Å². The first-order chi connectivity index (χ1) is 14.2. The quantitative estimate of drug-likeness (QED) is 0.463. The fraction of sp³-hybridized carbons (Fsp3) is 1.00. The van der Waals surface area contributed by atoms with Crippen LogP contribution in [0, 0.1) is 58.2 Å². The van der Waals surface area contributed by atoms with Gasteiger partial charge in [0, 0.05) is 0 Å². The second-order valence-electron chi connectivity index (χ2n) is 13.3. The van der Waals surface area contributed by atoms with E-state index in [2.05, 4.69) is 41.5 Å². The van der Waals surface area contributed by atoms with E-state index in [-0.39, 0.29) is 6.10 Å². The molecule has 30 heavy (non-hydrogen) atoms. The van der Waals surface area contributed by atoms with Gasteiger partial charge in [0.2, 0.25) is 0 Å². The molecule has 0 aromatic carbocycles. The minimum absolute atomic E-state index is 0.0111. The zero-order valence-electron chi connectivity index (χ0n) is 21.1. The minimum Gasteiger partial charge on any atom is -0.393 e. The monoisotopic (exact) mass is 416 g/mol. The van der Waals surface area contributed by atoms with Crippen molar-refractivity contribution in [2.24, 2.45) is 58.2 Å². The average molecular weight is 417 g/mol. The van der Waals surface area contributed by atoms with Gasteiger partial charge < -0.3 is 5.11 Å². The van der Waals surface area contributed by atoms with E-state index in [1.54, 1.807) is 0 Å². The van der Waals surface area contributed by atoms with Gasteiger partial charge >= 0.3 is 0 Å². The average Bonchev–Trinajstić information content (AvgIpc) is 3.06. The molecule has 0 spiro atoms. The highest BCUT2D eigenvalue weighted by Gasteiger charge is 2.60. The Hall–Kier alpha value is -0.0400. The first-order valence-electron chi connectivity index (χ1n) is 13.9. The first kappa shape index (κ1) is 23.1. The van der Waals surface area contributed by atoms with Crippen molar-refractivity contribution in [3.63, 3.8) is 0 Å².